The summed E-state index contributed by atoms with van der Waals surface area (Å²) in [6.07, 6.45) is 1.78. The van der Waals surface area contributed by atoms with Gasteiger partial charge in [0, 0.05) is 43.4 Å². The van der Waals surface area contributed by atoms with E-state index < -0.39 is 0 Å². The Balaban J connectivity index is 1.45. The van der Waals surface area contributed by atoms with Gasteiger partial charge in [-0.25, -0.2) is 4.98 Å². The Labute approximate surface area is 209 Å². The zero-order valence-corrected chi connectivity index (χ0v) is 20.5. The summed E-state index contributed by atoms with van der Waals surface area (Å²) < 4.78 is 0. The van der Waals surface area contributed by atoms with Gasteiger partial charge >= 0.3 is 0 Å². The number of piperazine rings is 1. The van der Waals surface area contributed by atoms with E-state index in [9.17, 15) is 4.79 Å². The van der Waals surface area contributed by atoms with Crippen LogP contribution in [0.4, 0.5) is 11.4 Å². The first-order chi connectivity index (χ1) is 17.6. The van der Waals surface area contributed by atoms with Crippen LogP contribution in [0.3, 0.4) is 0 Å². The molecule has 8 heteroatoms. The highest BCUT2D eigenvalue weighted by molar-refractivity contribution is 5.99. The van der Waals surface area contributed by atoms with Gasteiger partial charge in [-0.15, -0.1) is 0 Å². The first kappa shape index (κ1) is 22.3. The number of anilines is 2. The Hall–Kier alpha value is -4.17. The molecule has 0 aliphatic carbocycles. The summed E-state index contributed by atoms with van der Waals surface area (Å²) in [5.74, 6) is 0.545. The SMILES string of the molecule is C[C@@H](Nc1c(-c2nc3ccc(N4CCN(C)CC4)cc3[nH]2)c(=O)[nH]c2ccccc12)c1ccccn1. The van der Waals surface area contributed by atoms with Crippen LogP contribution in [0.2, 0.25) is 0 Å². The van der Waals surface area contributed by atoms with Gasteiger partial charge in [0.1, 0.15) is 11.4 Å². The minimum atomic E-state index is -0.192. The Morgan fingerprint density at radius 2 is 1.75 bits per heavy atom. The Morgan fingerprint density at radius 3 is 2.56 bits per heavy atom. The molecule has 0 unspecified atom stereocenters. The number of aromatic nitrogens is 4. The molecule has 5 aromatic rings. The normalized spacial score (nSPS) is 15.4. The number of rotatable bonds is 5. The van der Waals surface area contributed by atoms with Gasteiger partial charge in [-0.2, -0.15) is 0 Å². The standard InChI is InChI=1S/C28H29N7O/c1-18(21-8-5-6-12-29-21)30-26-20-7-3-4-9-22(20)33-28(36)25(26)27-31-23-11-10-19(17-24(23)32-27)35-15-13-34(2)14-16-35/h3-12,17-18H,13-16H2,1-2H3,(H,31,32)(H2,30,33,36)/t18-/m1/s1. The van der Waals surface area contributed by atoms with E-state index in [-0.39, 0.29) is 11.6 Å². The largest absolute Gasteiger partial charge is 0.376 e. The number of pyridine rings is 2. The number of hydrogen-bond donors (Lipinski definition) is 3. The van der Waals surface area contributed by atoms with Crippen LogP contribution in [-0.4, -0.2) is 58.1 Å². The van der Waals surface area contributed by atoms with E-state index >= 15 is 0 Å². The third-order valence-electron chi connectivity index (χ3n) is 6.98. The molecule has 0 spiro atoms. The van der Waals surface area contributed by atoms with E-state index in [1.54, 1.807) is 6.20 Å². The average molecular weight is 480 g/mol. The first-order valence-electron chi connectivity index (χ1n) is 12.3. The molecular weight excluding hydrogens is 450 g/mol. The van der Waals surface area contributed by atoms with Crippen molar-refractivity contribution in [2.24, 2.45) is 0 Å². The fraction of sp³-hybridized carbons (Fsp3) is 0.250. The molecule has 6 rings (SSSR count). The van der Waals surface area contributed by atoms with Crippen molar-refractivity contribution < 1.29 is 0 Å². The number of benzene rings is 2. The fourth-order valence-corrected chi connectivity index (χ4v) is 4.92. The molecule has 1 aliphatic heterocycles. The van der Waals surface area contributed by atoms with Gasteiger partial charge in [0.2, 0.25) is 0 Å². The summed E-state index contributed by atoms with van der Waals surface area (Å²) in [4.78, 5) is 33.9. The predicted molar refractivity (Wildman–Crippen MR) is 146 cm³/mol. The lowest BCUT2D eigenvalue weighted by Crippen LogP contribution is -2.44. The highest BCUT2D eigenvalue weighted by atomic mass is 16.1. The number of nitrogens with one attached hydrogen (secondary N) is 3. The van der Waals surface area contributed by atoms with E-state index in [1.165, 1.54) is 5.69 Å². The number of para-hydroxylation sites is 1. The van der Waals surface area contributed by atoms with Crippen LogP contribution in [0.5, 0.6) is 0 Å². The molecule has 1 aliphatic rings. The molecule has 1 fully saturated rings. The predicted octanol–water partition coefficient (Wildman–Crippen LogP) is 4.39. The first-order valence-corrected chi connectivity index (χ1v) is 12.3. The van der Waals surface area contributed by atoms with E-state index in [0.29, 0.717) is 11.4 Å². The number of fused-ring (bicyclic) bond motifs is 2. The monoisotopic (exact) mass is 479 g/mol. The molecule has 1 saturated heterocycles. The summed E-state index contributed by atoms with van der Waals surface area (Å²) in [5.41, 5.74) is 5.63. The number of nitrogens with zero attached hydrogens (tertiary/aromatic N) is 4. The summed E-state index contributed by atoms with van der Waals surface area (Å²) in [6, 6.07) is 19.8. The second-order valence-corrected chi connectivity index (χ2v) is 9.45. The molecule has 2 aromatic carbocycles. The van der Waals surface area contributed by atoms with Crippen molar-refractivity contribution >= 4 is 33.3 Å². The maximum absolute atomic E-state index is 13.4. The van der Waals surface area contributed by atoms with Gasteiger partial charge in [0.05, 0.1) is 34.0 Å². The van der Waals surface area contributed by atoms with Crippen molar-refractivity contribution in [3.8, 4) is 11.4 Å². The molecule has 3 aromatic heterocycles. The number of imidazole rings is 1. The molecule has 3 N–H and O–H groups in total. The second kappa shape index (κ2) is 9.13. The van der Waals surface area contributed by atoms with Gasteiger partial charge in [0.25, 0.3) is 5.56 Å². The maximum atomic E-state index is 13.4. The number of aromatic amines is 2. The van der Waals surface area contributed by atoms with Crippen molar-refractivity contribution in [3.63, 3.8) is 0 Å². The molecule has 0 amide bonds. The van der Waals surface area contributed by atoms with Crippen LogP contribution in [-0.2, 0) is 0 Å². The zero-order chi connectivity index (χ0) is 24.6. The topological polar surface area (TPSA) is 92.9 Å². The van der Waals surface area contributed by atoms with Crippen LogP contribution in [0.1, 0.15) is 18.7 Å². The third-order valence-corrected chi connectivity index (χ3v) is 6.98. The lowest BCUT2D eigenvalue weighted by Gasteiger charge is -2.34. The van der Waals surface area contributed by atoms with Crippen molar-refractivity contribution in [2.45, 2.75) is 13.0 Å². The number of likely N-dealkylation sites (N-methyl/N-ethyl adjacent to an activating group) is 1. The summed E-state index contributed by atoms with van der Waals surface area (Å²) >= 11 is 0. The zero-order valence-electron chi connectivity index (χ0n) is 20.5. The van der Waals surface area contributed by atoms with Crippen LogP contribution in [0, 0.1) is 0 Å². The van der Waals surface area contributed by atoms with Crippen molar-refractivity contribution in [2.75, 3.05) is 43.4 Å². The number of H-pyrrole nitrogens is 2. The molecule has 0 radical (unpaired) electrons. The van der Waals surface area contributed by atoms with Crippen LogP contribution in [0.25, 0.3) is 33.3 Å². The average Bonchev–Trinajstić information content (AvgIpc) is 3.32. The second-order valence-electron chi connectivity index (χ2n) is 9.45. The highest BCUT2D eigenvalue weighted by Gasteiger charge is 2.21. The van der Waals surface area contributed by atoms with Crippen molar-refractivity contribution in [1.29, 1.82) is 0 Å². The summed E-state index contributed by atoms with van der Waals surface area (Å²) in [6.45, 7) is 6.12. The van der Waals surface area contributed by atoms with Gasteiger partial charge in [-0.3, -0.25) is 9.78 Å². The molecule has 0 bridgehead atoms. The Kier molecular flexibility index (Phi) is 5.65. The van der Waals surface area contributed by atoms with Crippen molar-refractivity contribution in [3.05, 3.63) is 82.9 Å². The van der Waals surface area contributed by atoms with E-state index in [2.05, 4.69) is 49.2 Å². The molecule has 4 heterocycles. The number of hydrogen-bond acceptors (Lipinski definition) is 6. The molecule has 182 valence electrons. The van der Waals surface area contributed by atoms with Gasteiger partial charge in [-0.1, -0.05) is 24.3 Å². The summed E-state index contributed by atoms with van der Waals surface area (Å²) in [5, 5.41) is 4.49. The molecule has 0 saturated carbocycles. The van der Waals surface area contributed by atoms with E-state index in [1.807, 2.05) is 55.5 Å². The molecular formula is C28H29N7O. The van der Waals surface area contributed by atoms with Crippen LogP contribution in [0.15, 0.2) is 71.7 Å². The lowest BCUT2D eigenvalue weighted by atomic mass is 10.1. The molecule has 36 heavy (non-hydrogen) atoms. The van der Waals surface area contributed by atoms with E-state index in [0.717, 1.165) is 59.5 Å². The minimum absolute atomic E-state index is 0.108. The van der Waals surface area contributed by atoms with Crippen LogP contribution < -0.4 is 15.8 Å². The van der Waals surface area contributed by atoms with Gasteiger partial charge in [0.15, 0.2) is 0 Å². The maximum Gasteiger partial charge on any atom is 0.261 e. The quantitative estimate of drug-likeness (QED) is 0.346. The fourth-order valence-electron chi connectivity index (χ4n) is 4.92. The van der Waals surface area contributed by atoms with Crippen LogP contribution >= 0.6 is 0 Å². The molecule has 8 nitrogen and oxygen atoms in total. The van der Waals surface area contributed by atoms with E-state index in [4.69, 9.17) is 4.98 Å². The Morgan fingerprint density at radius 1 is 0.944 bits per heavy atom. The third kappa shape index (κ3) is 4.09. The van der Waals surface area contributed by atoms with Crippen molar-refractivity contribution in [1.82, 2.24) is 24.8 Å². The smallest absolute Gasteiger partial charge is 0.261 e. The molecule has 1 atom stereocenters. The van der Waals surface area contributed by atoms with Gasteiger partial charge in [-0.05, 0) is 50.4 Å². The highest BCUT2D eigenvalue weighted by Crippen LogP contribution is 2.33. The minimum Gasteiger partial charge on any atom is -0.376 e. The van der Waals surface area contributed by atoms with Gasteiger partial charge < -0.3 is 25.1 Å². The Bertz CT molecular complexity index is 1580. The lowest BCUT2D eigenvalue weighted by molar-refractivity contribution is 0.313. The summed E-state index contributed by atoms with van der Waals surface area (Å²) in [7, 11) is 2.16.